The number of hydrogen-bond acceptors (Lipinski definition) is 2. The number of rotatable bonds is 5. The number of benzene rings is 2. The minimum Gasteiger partial charge on any atom is -0.390 e. The van der Waals surface area contributed by atoms with Gasteiger partial charge in [-0.15, -0.1) is 0 Å². The van der Waals surface area contributed by atoms with E-state index in [9.17, 15) is 0 Å². The molecule has 1 radical (unpaired) electrons. The molecule has 97 valence electrons. The van der Waals surface area contributed by atoms with Crippen molar-refractivity contribution in [3.05, 3.63) is 70.8 Å². The van der Waals surface area contributed by atoms with Gasteiger partial charge in [-0.05, 0) is 30.0 Å². The van der Waals surface area contributed by atoms with Crippen LogP contribution < -0.4 is 0 Å². The van der Waals surface area contributed by atoms with Crippen LogP contribution >= 0.6 is 0 Å². The van der Waals surface area contributed by atoms with Gasteiger partial charge >= 0.3 is 0 Å². The molecular weight excluding hydrogens is 234 g/mol. The molecule has 2 heteroatoms. The van der Waals surface area contributed by atoms with Crippen molar-refractivity contribution in [2.45, 2.75) is 26.9 Å². The maximum atomic E-state index is 5.27. The first-order valence-corrected chi connectivity index (χ1v) is 6.51. The summed E-state index contributed by atoms with van der Waals surface area (Å²) in [5.74, 6) is 0. The van der Waals surface area contributed by atoms with E-state index in [-0.39, 0.29) is 0 Å². The predicted molar refractivity (Wildman–Crippen MR) is 78.3 cm³/mol. The van der Waals surface area contributed by atoms with Crippen LogP contribution in [0.15, 0.2) is 53.7 Å². The van der Waals surface area contributed by atoms with Crippen LogP contribution in [0.5, 0.6) is 0 Å². The first kappa shape index (κ1) is 13.3. The molecular formula is C17H18NO. The van der Waals surface area contributed by atoms with Gasteiger partial charge in [-0.25, -0.2) is 0 Å². The smallest absolute Gasteiger partial charge is 0.142 e. The third-order valence-electron chi connectivity index (χ3n) is 3.08. The fraction of sp³-hybridized carbons (Fsp3) is 0.235. The van der Waals surface area contributed by atoms with Crippen LogP contribution in [0.25, 0.3) is 0 Å². The molecule has 0 saturated carbocycles. The summed E-state index contributed by atoms with van der Waals surface area (Å²) in [6.07, 6.45) is 3.93. The van der Waals surface area contributed by atoms with Crippen LogP contribution in [0.2, 0.25) is 0 Å². The molecule has 2 nitrogen and oxygen atoms in total. The number of aryl methyl sites for hydroxylation is 2. The van der Waals surface area contributed by atoms with Gasteiger partial charge < -0.3 is 4.84 Å². The molecule has 0 fully saturated rings. The molecule has 2 aromatic rings. The van der Waals surface area contributed by atoms with Crippen molar-refractivity contribution < 1.29 is 4.84 Å². The molecule has 0 aromatic heterocycles. The summed E-state index contributed by atoms with van der Waals surface area (Å²) >= 11 is 0. The second kappa shape index (κ2) is 6.74. The van der Waals surface area contributed by atoms with Gasteiger partial charge in [0.15, 0.2) is 0 Å². The van der Waals surface area contributed by atoms with Crippen molar-refractivity contribution in [3.8, 4) is 0 Å². The van der Waals surface area contributed by atoms with E-state index < -0.39 is 0 Å². The van der Waals surface area contributed by atoms with Gasteiger partial charge in [-0.1, -0.05) is 60.6 Å². The van der Waals surface area contributed by atoms with Gasteiger partial charge in [0, 0.05) is 5.56 Å². The Morgan fingerprint density at radius 3 is 2.47 bits per heavy atom. The Morgan fingerprint density at radius 2 is 1.79 bits per heavy atom. The number of nitrogens with zero attached hydrogens (tertiary/aromatic N) is 1. The quantitative estimate of drug-likeness (QED) is 0.582. The van der Waals surface area contributed by atoms with E-state index in [0.29, 0.717) is 6.61 Å². The third kappa shape index (κ3) is 3.95. The molecule has 0 unspecified atom stereocenters. The summed E-state index contributed by atoms with van der Waals surface area (Å²) in [7, 11) is 0. The van der Waals surface area contributed by atoms with E-state index in [4.69, 9.17) is 4.84 Å². The summed E-state index contributed by atoms with van der Waals surface area (Å²) in [5, 5.41) is 3.88. The van der Waals surface area contributed by atoms with E-state index in [0.717, 1.165) is 17.5 Å². The second-order valence-electron chi connectivity index (χ2n) is 4.45. The van der Waals surface area contributed by atoms with Crippen molar-refractivity contribution >= 4 is 6.21 Å². The van der Waals surface area contributed by atoms with Crippen molar-refractivity contribution in [1.82, 2.24) is 0 Å². The highest BCUT2D eigenvalue weighted by molar-refractivity contribution is 5.79. The molecule has 0 atom stereocenters. The maximum absolute atomic E-state index is 5.27. The average Bonchev–Trinajstić information content (AvgIpc) is 2.46. The highest BCUT2D eigenvalue weighted by Crippen LogP contribution is 2.08. The molecule has 0 spiro atoms. The first-order chi connectivity index (χ1) is 9.29. The van der Waals surface area contributed by atoms with Gasteiger partial charge in [0.05, 0.1) is 0 Å². The van der Waals surface area contributed by atoms with Gasteiger partial charge in [0.2, 0.25) is 0 Å². The van der Waals surface area contributed by atoms with Crippen molar-refractivity contribution in [2.24, 2.45) is 5.16 Å². The summed E-state index contributed by atoms with van der Waals surface area (Å²) in [5.41, 5.74) is 4.60. The molecule has 19 heavy (non-hydrogen) atoms. The largest absolute Gasteiger partial charge is 0.390 e. The predicted octanol–water partition coefficient (Wildman–Crippen LogP) is 3.99. The maximum Gasteiger partial charge on any atom is 0.142 e. The van der Waals surface area contributed by atoms with Crippen LogP contribution in [0.4, 0.5) is 0 Å². The highest BCUT2D eigenvalue weighted by Gasteiger charge is 1.96. The van der Waals surface area contributed by atoms with E-state index in [1.807, 2.05) is 30.3 Å². The summed E-state index contributed by atoms with van der Waals surface area (Å²) < 4.78 is 0. The topological polar surface area (TPSA) is 21.6 Å². The van der Waals surface area contributed by atoms with Crippen LogP contribution in [-0.2, 0) is 17.9 Å². The van der Waals surface area contributed by atoms with Crippen LogP contribution in [0, 0.1) is 6.92 Å². The lowest BCUT2D eigenvalue weighted by Gasteiger charge is -2.03. The van der Waals surface area contributed by atoms with Crippen LogP contribution in [0.1, 0.15) is 29.2 Å². The molecule has 2 aromatic carbocycles. The highest BCUT2D eigenvalue weighted by atomic mass is 16.6. The molecule has 0 N–H and O–H groups in total. The minimum atomic E-state index is 0.479. The van der Waals surface area contributed by atoms with Gasteiger partial charge in [0.25, 0.3) is 0 Å². The fourth-order valence-electron chi connectivity index (χ4n) is 1.77. The zero-order chi connectivity index (χ0) is 13.5. The molecule has 2 rings (SSSR count). The Balaban J connectivity index is 1.88. The normalized spacial score (nSPS) is 10.8. The lowest BCUT2D eigenvalue weighted by Crippen LogP contribution is -1.91. The van der Waals surface area contributed by atoms with Gasteiger partial charge in [0.1, 0.15) is 12.8 Å². The van der Waals surface area contributed by atoms with E-state index in [2.05, 4.69) is 43.4 Å². The minimum absolute atomic E-state index is 0.479. The van der Waals surface area contributed by atoms with Crippen molar-refractivity contribution in [2.75, 3.05) is 0 Å². The van der Waals surface area contributed by atoms with Gasteiger partial charge in [-0.2, -0.15) is 0 Å². The van der Waals surface area contributed by atoms with Crippen molar-refractivity contribution in [3.63, 3.8) is 0 Å². The Labute approximate surface area is 114 Å². The zero-order valence-corrected chi connectivity index (χ0v) is 11.4. The van der Waals surface area contributed by atoms with Crippen molar-refractivity contribution in [1.29, 1.82) is 0 Å². The van der Waals surface area contributed by atoms with E-state index in [1.54, 1.807) is 0 Å². The molecule has 0 amide bonds. The van der Waals surface area contributed by atoms with Crippen LogP contribution in [0.3, 0.4) is 0 Å². The molecule has 0 saturated heterocycles. The van der Waals surface area contributed by atoms with E-state index in [1.165, 1.54) is 11.1 Å². The van der Waals surface area contributed by atoms with Crippen LogP contribution in [-0.4, -0.2) is 6.21 Å². The average molecular weight is 252 g/mol. The Hall–Kier alpha value is -2.09. The second-order valence-corrected chi connectivity index (χ2v) is 4.45. The summed E-state index contributed by atoms with van der Waals surface area (Å²) in [4.78, 5) is 5.27. The van der Waals surface area contributed by atoms with Gasteiger partial charge in [-0.3, -0.25) is 0 Å². The Kier molecular flexibility index (Phi) is 4.73. The standard InChI is InChI=1S/C17H18NO/c1-3-15-8-10-16(11-9-15)12-18-19-13-17-7-5-4-6-14(17)2/h4-11H,3,13H2,1-2H3. The third-order valence-corrected chi connectivity index (χ3v) is 3.08. The summed E-state index contributed by atoms with van der Waals surface area (Å²) in [6, 6.07) is 16.3. The van der Waals surface area contributed by atoms with E-state index >= 15 is 0 Å². The molecule has 0 heterocycles. The summed E-state index contributed by atoms with van der Waals surface area (Å²) in [6.45, 7) is 4.68. The monoisotopic (exact) mass is 252 g/mol. The lowest BCUT2D eigenvalue weighted by atomic mass is 10.1. The molecule has 0 aliphatic heterocycles. The molecule has 0 aliphatic rings. The fourth-order valence-corrected chi connectivity index (χ4v) is 1.77. The molecule has 0 bridgehead atoms. The Bertz CT molecular complexity index is 543. The zero-order valence-electron chi connectivity index (χ0n) is 11.4. The first-order valence-electron chi connectivity index (χ1n) is 6.51. The SMILES string of the molecule is CCc1ccc(/[C]=N\OCc2ccccc2C)cc1. The Morgan fingerprint density at radius 1 is 1.05 bits per heavy atom. The number of hydrogen-bond donors (Lipinski definition) is 0. The molecule has 0 aliphatic carbocycles. The lowest BCUT2D eigenvalue weighted by molar-refractivity contribution is 0.131.